The summed E-state index contributed by atoms with van der Waals surface area (Å²) in [7, 11) is 4.18. The first-order chi connectivity index (χ1) is 9.65. The van der Waals surface area contributed by atoms with Crippen LogP contribution in [-0.2, 0) is 0 Å². The summed E-state index contributed by atoms with van der Waals surface area (Å²) in [6.07, 6.45) is 3.25. The van der Waals surface area contributed by atoms with E-state index < -0.39 is 0 Å². The summed E-state index contributed by atoms with van der Waals surface area (Å²) in [5.41, 5.74) is 7.15. The number of likely N-dealkylation sites (N-methyl/N-ethyl adjacent to an activating group) is 2. The van der Waals surface area contributed by atoms with Gasteiger partial charge in [0.05, 0.1) is 23.5 Å². The highest BCUT2D eigenvalue weighted by atomic mass is 16.5. The topological polar surface area (TPSA) is 84.3 Å². The van der Waals surface area contributed by atoms with E-state index in [0.29, 0.717) is 17.4 Å². The molecule has 0 spiro atoms. The Balaban J connectivity index is 1.88. The Morgan fingerprint density at radius 3 is 3.00 bits per heavy atom. The van der Waals surface area contributed by atoms with Gasteiger partial charge in [0, 0.05) is 25.8 Å². The van der Waals surface area contributed by atoms with Crippen LogP contribution in [0.15, 0.2) is 23.0 Å². The van der Waals surface area contributed by atoms with Gasteiger partial charge in [0.15, 0.2) is 5.82 Å². The van der Waals surface area contributed by atoms with Crippen LogP contribution in [0.3, 0.4) is 0 Å². The number of nitrogens with two attached hydrogens (primary N) is 1. The van der Waals surface area contributed by atoms with Crippen molar-refractivity contribution in [2.45, 2.75) is 6.04 Å². The fraction of sp³-hybridized carbons (Fsp3) is 0.462. The molecule has 0 bridgehead atoms. The number of hydrogen-bond donors (Lipinski definition) is 1. The predicted octanol–water partition coefficient (Wildman–Crippen LogP) is 0.632. The molecule has 1 fully saturated rings. The van der Waals surface area contributed by atoms with Crippen LogP contribution in [0.25, 0.3) is 11.5 Å². The van der Waals surface area contributed by atoms with Gasteiger partial charge in [0.1, 0.15) is 0 Å². The van der Waals surface area contributed by atoms with Crippen molar-refractivity contribution in [3.05, 3.63) is 24.3 Å². The second kappa shape index (κ2) is 5.18. The molecule has 1 unspecified atom stereocenters. The molecule has 0 amide bonds. The lowest BCUT2D eigenvalue weighted by atomic mass is 10.1. The number of rotatable bonds is 2. The lowest BCUT2D eigenvalue weighted by molar-refractivity contribution is 0.108. The smallest absolute Gasteiger partial charge is 0.260 e. The van der Waals surface area contributed by atoms with Crippen molar-refractivity contribution in [2.75, 3.05) is 39.5 Å². The maximum Gasteiger partial charge on any atom is 0.260 e. The monoisotopic (exact) mass is 274 g/mol. The van der Waals surface area contributed by atoms with Crippen LogP contribution in [0.2, 0.25) is 0 Å². The van der Waals surface area contributed by atoms with Crippen LogP contribution in [0.5, 0.6) is 0 Å². The van der Waals surface area contributed by atoms with Crippen LogP contribution in [0.1, 0.15) is 11.9 Å². The number of hydrogen-bond acceptors (Lipinski definition) is 7. The maximum absolute atomic E-state index is 5.88. The maximum atomic E-state index is 5.88. The van der Waals surface area contributed by atoms with Gasteiger partial charge >= 0.3 is 0 Å². The van der Waals surface area contributed by atoms with Gasteiger partial charge in [-0.05, 0) is 20.2 Å². The van der Waals surface area contributed by atoms with Crippen molar-refractivity contribution in [3.8, 4) is 11.5 Å². The number of aromatic nitrogens is 3. The normalized spacial score (nSPS) is 21.2. The molecule has 1 aliphatic heterocycles. The van der Waals surface area contributed by atoms with Gasteiger partial charge in [-0.3, -0.25) is 9.88 Å². The molecule has 1 saturated heterocycles. The first-order valence-corrected chi connectivity index (χ1v) is 6.57. The Morgan fingerprint density at radius 1 is 1.35 bits per heavy atom. The van der Waals surface area contributed by atoms with Crippen molar-refractivity contribution in [1.82, 2.24) is 24.9 Å². The molecule has 3 rings (SSSR count). The molecule has 0 aromatic carbocycles. The van der Waals surface area contributed by atoms with Crippen LogP contribution in [0.4, 0.5) is 5.69 Å². The lowest BCUT2D eigenvalue weighted by Crippen LogP contribution is -2.45. The summed E-state index contributed by atoms with van der Waals surface area (Å²) < 4.78 is 5.35. The van der Waals surface area contributed by atoms with E-state index in [1.165, 1.54) is 0 Å². The number of anilines is 1. The van der Waals surface area contributed by atoms with Crippen LogP contribution in [-0.4, -0.2) is 58.7 Å². The Bertz CT molecular complexity index is 598. The number of pyridine rings is 1. The zero-order chi connectivity index (χ0) is 14.1. The van der Waals surface area contributed by atoms with Gasteiger partial charge in [0.2, 0.25) is 0 Å². The first kappa shape index (κ1) is 13.0. The second-order valence-electron chi connectivity index (χ2n) is 5.18. The van der Waals surface area contributed by atoms with Crippen molar-refractivity contribution in [2.24, 2.45) is 0 Å². The largest absolute Gasteiger partial charge is 0.397 e. The van der Waals surface area contributed by atoms with E-state index in [2.05, 4.69) is 39.0 Å². The Hall–Kier alpha value is -1.99. The zero-order valence-electron chi connectivity index (χ0n) is 11.7. The van der Waals surface area contributed by atoms with E-state index in [4.69, 9.17) is 10.3 Å². The zero-order valence-corrected chi connectivity index (χ0v) is 11.7. The van der Waals surface area contributed by atoms with E-state index in [-0.39, 0.29) is 6.04 Å². The van der Waals surface area contributed by atoms with Gasteiger partial charge in [-0.15, -0.1) is 0 Å². The molecule has 2 aromatic rings. The minimum absolute atomic E-state index is 0.148. The minimum Gasteiger partial charge on any atom is -0.397 e. The average Bonchev–Trinajstić information content (AvgIpc) is 2.91. The van der Waals surface area contributed by atoms with E-state index in [1.54, 1.807) is 18.5 Å². The minimum atomic E-state index is 0.148. The van der Waals surface area contributed by atoms with Crippen molar-refractivity contribution < 1.29 is 4.52 Å². The van der Waals surface area contributed by atoms with E-state index in [0.717, 1.165) is 25.2 Å². The average molecular weight is 274 g/mol. The van der Waals surface area contributed by atoms with Gasteiger partial charge in [-0.25, -0.2) is 0 Å². The predicted molar refractivity (Wildman–Crippen MR) is 74.8 cm³/mol. The lowest BCUT2D eigenvalue weighted by Gasteiger charge is -2.35. The molecule has 0 aliphatic carbocycles. The fourth-order valence-corrected chi connectivity index (χ4v) is 2.37. The molecule has 2 N–H and O–H groups in total. The third-order valence-electron chi connectivity index (χ3n) is 3.67. The molecule has 1 aliphatic rings. The van der Waals surface area contributed by atoms with Gasteiger partial charge < -0.3 is 15.2 Å². The molecule has 0 radical (unpaired) electrons. The molecule has 0 saturated carbocycles. The van der Waals surface area contributed by atoms with Crippen LogP contribution >= 0.6 is 0 Å². The highest BCUT2D eigenvalue weighted by molar-refractivity contribution is 5.68. The van der Waals surface area contributed by atoms with Crippen molar-refractivity contribution in [3.63, 3.8) is 0 Å². The molecular weight excluding hydrogens is 256 g/mol. The standard InChI is InChI=1S/C13H18N6O/c1-18-5-6-19(2)11(8-18)12-16-13(20-17-12)9-3-4-15-7-10(9)14/h3-4,7,11H,5-6,8,14H2,1-2H3. The van der Waals surface area contributed by atoms with E-state index in [9.17, 15) is 0 Å². The van der Waals surface area contributed by atoms with Crippen molar-refractivity contribution in [1.29, 1.82) is 0 Å². The highest BCUT2D eigenvalue weighted by Gasteiger charge is 2.28. The second-order valence-corrected chi connectivity index (χ2v) is 5.18. The summed E-state index contributed by atoms with van der Waals surface area (Å²) in [5.74, 6) is 1.15. The van der Waals surface area contributed by atoms with Crippen LogP contribution in [0, 0.1) is 0 Å². The molecule has 20 heavy (non-hydrogen) atoms. The Labute approximate surface area is 117 Å². The van der Waals surface area contributed by atoms with E-state index in [1.807, 2.05) is 0 Å². The number of nitrogens with zero attached hydrogens (tertiary/aromatic N) is 5. The van der Waals surface area contributed by atoms with Crippen LogP contribution < -0.4 is 5.73 Å². The first-order valence-electron chi connectivity index (χ1n) is 6.57. The molecule has 1 atom stereocenters. The van der Waals surface area contributed by atoms with Gasteiger partial charge in [0.25, 0.3) is 5.89 Å². The van der Waals surface area contributed by atoms with E-state index >= 15 is 0 Å². The third kappa shape index (κ3) is 2.37. The quantitative estimate of drug-likeness (QED) is 0.859. The molecule has 7 nitrogen and oxygen atoms in total. The van der Waals surface area contributed by atoms with Gasteiger partial charge in [-0.2, -0.15) is 4.98 Å². The Morgan fingerprint density at radius 2 is 2.20 bits per heavy atom. The summed E-state index contributed by atoms with van der Waals surface area (Å²) in [6, 6.07) is 1.93. The Kier molecular flexibility index (Phi) is 3.37. The number of piperazine rings is 1. The molecular formula is C13H18N6O. The number of nitrogen functional groups attached to an aromatic ring is 1. The fourth-order valence-electron chi connectivity index (χ4n) is 2.37. The summed E-state index contributed by atoms with van der Waals surface area (Å²) in [5, 5.41) is 4.11. The summed E-state index contributed by atoms with van der Waals surface area (Å²) in [6.45, 7) is 2.93. The van der Waals surface area contributed by atoms with Gasteiger partial charge in [-0.1, -0.05) is 5.16 Å². The van der Waals surface area contributed by atoms with Crippen molar-refractivity contribution >= 4 is 5.69 Å². The molecule has 7 heteroatoms. The third-order valence-corrected chi connectivity index (χ3v) is 3.67. The highest BCUT2D eigenvalue weighted by Crippen LogP contribution is 2.26. The molecule has 106 valence electrons. The molecule has 2 aromatic heterocycles. The SMILES string of the molecule is CN1CCN(C)C(c2noc(-c3ccncc3N)n2)C1. The summed E-state index contributed by atoms with van der Waals surface area (Å²) in [4.78, 5) is 13.0. The summed E-state index contributed by atoms with van der Waals surface area (Å²) >= 11 is 0. The molecule has 3 heterocycles.